The number of nitrogens with two attached hydrogens (primary N) is 1. The molecule has 0 aliphatic rings. The second-order valence-corrected chi connectivity index (χ2v) is 4.26. The Morgan fingerprint density at radius 1 is 0.905 bits per heavy atom. The fourth-order valence-electron chi connectivity index (χ4n) is 1.75. The molecule has 0 radical (unpaired) electrons. The fourth-order valence-corrected chi connectivity index (χ4v) is 1.75. The average molecular weight is 285 g/mol. The predicted molar refractivity (Wildman–Crippen MR) is 79.5 cm³/mol. The molecule has 2 aromatic carbocycles. The Balaban J connectivity index is 2.29. The number of nitrogen functional groups attached to an aromatic ring is 1. The fraction of sp³-hybridized carbons (Fsp3) is 0. The Hall–Kier alpha value is -3.22. The molecule has 0 unspecified atom stereocenters. The van der Waals surface area contributed by atoms with Crippen LogP contribution in [0.2, 0.25) is 0 Å². The number of nitro groups is 2. The van der Waals surface area contributed by atoms with Crippen LogP contribution in [0.1, 0.15) is 11.1 Å². The lowest BCUT2D eigenvalue weighted by molar-refractivity contribution is -0.385. The van der Waals surface area contributed by atoms with Crippen LogP contribution < -0.4 is 5.73 Å². The highest BCUT2D eigenvalue weighted by Gasteiger charge is 2.11. The summed E-state index contributed by atoms with van der Waals surface area (Å²) in [4.78, 5) is 20.5. The smallest absolute Gasteiger partial charge is 0.278 e. The first-order chi connectivity index (χ1) is 9.97. The summed E-state index contributed by atoms with van der Waals surface area (Å²) in [6.07, 6.45) is 3.21. The van der Waals surface area contributed by atoms with Gasteiger partial charge in [-0.05, 0) is 35.9 Å². The maximum Gasteiger partial charge on any atom is 0.278 e. The van der Waals surface area contributed by atoms with Gasteiger partial charge in [0, 0.05) is 23.9 Å². The molecule has 2 aromatic rings. The molecule has 0 amide bonds. The van der Waals surface area contributed by atoms with Crippen LogP contribution in [0.25, 0.3) is 12.2 Å². The third-order valence-electron chi connectivity index (χ3n) is 2.81. The van der Waals surface area contributed by atoms with Gasteiger partial charge in [-0.3, -0.25) is 20.2 Å². The van der Waals surface area contributed by atoms with Crippen molar-refractivity contribution in [3.05, 3.63) is 73.8 Å². The lowest BCUT2D eigenvalue weighted by Gasteiger charge is -1.99. The van der Waals surface area contributed by atoms with Gasteiger partial charge in [-0.15, -0.1) is 0 Å². The molecule has 0 saturated carbocycles. The maximum atomic E-state index is 10.9. The first kappa shape index (κ1) is 14.2. The number of nitro benzene ring substituents is 2. The van der Waals surface area contributed by atoms with E-state index in [0.717, 1.165) is 0 Å². The number of rotatable bonds is 4. The molecule has 21 heavy (non-hydrogen) atoms. The summed E-state index contributed by atoms with van der Waals surface area (Å²) in [6, 6.07) is 10.3. The van der Waals surface area contributed by atoms with Crippen LogP contribution in [0.15, 0.2) is 42.5 Å². The van der Waals surface area contributed by atoms with Crippen molar-refractivity contribution in [1.29, 1.82) is 0 Å². The summed E-state index contributed by atoms with van der Waals surface area (Å²) < 4.78 is 0. The summed E-state index contributed by atoms with van der Waals surface area (Å²) in [6.45, 7) is 0. The van der Waals surface area contributed by atoms with Gasteiger partial charge in [0.25, 0.3) is 11.4 Å². The second kappa shape index (κ2) is 5.83. The zero-order valence-electron chi connectivity index (χ0n) is 10.8. The second-order valence-electron chi connectivity index (χ2n) is 4.26. The summed E-state index contributed by atoms with van der Waals surface area (Å²) in [7, 11) is 0. The Labute approximate surface area is 119 Å². The maximum absolute atomic E-state index is 10.9. The number of benzene rings is 2. The van der Waals surface area contributed by atoms with E-state index in [9.17, 15) is 20.2 Å². The minimum Gasteiger partial charge on any atom is -0.399 e. The molecule has 0 saturated heterocycles. The van der Waals surface area contributed by atoms with E-state index in [-0.39, 0.29) is 11.4 Å². The number of nitrogens with zero attached hydrogens (tertiary/aromatic N) is 2. The predicted octanol–water partition coefficient (Wildman–Crippen LogP) is 3.26. The largest absolute Gasteiger partial charge is 0.399 e. The van der Waals surface area contributed by atoms with Gasteiger partial charge in [0.1, 0.15) is 0 Å². The molecule has 0 heterocycles. The quantitative estimate of drug-likeness (QED) is 0.401. The Morgan fingerprint density at radius 3 is 2.14 bits per heavy atom. The first-order valence-electron chi connectivity index (χ1n) is 5.94. The van der Waals surface area contributed by atoms with Crippen molar-refractivity contribution in [2.75, 3.05) is 5.73 Å². The number of anilines is 1. The third-order valence-corrected chi connectivity index (χ3v) is 2.81. The van der Waals surface area contributed by atoms with Gasteiger partial charge < -0.3 is 5.73 Å². The summed E-state index contributed by atoms with van der Waals surface area (Å²) in [5.74, 6) is 0. The molecule has 2 rings (SSSR count). The van der Waals surface area contributed by atoms with Crippen molar-refractivity contribution in [2.24, 2.45) is 0 Å². The molecule has 0 aliphatic heterocycles. The topological polar surface area (TPSA) is 112 Å². The summed E-state index contributed by atoms with van der Waals surface area (Å²) in [5.41, 5.74) is 6.85. The van der Waals surface area contributed by atoms with Gasteiger partial charge in [0.05, 0.1) is 15.4 Å². The van der Waals surface area contributed by atoms with Gasteiger partial charge in [0.2, 0.25) is 0 Å². The molecular weight excluding hydrogens is 274 g/mol. The van der Waals surface area contributed by atoms with Crippen LogP contribution in [-0.4, -0.2) is 9.85 Å². The molecule has 7 heteroatoms. The number of hydrogen-bond donors (Lipinski definition) is 1. The highest BCUT2D eigenvalue weighted by molar-refractivity contribution is 5.75. The third kappa shape index (κ3) is 3.41. The van der Waals surface area contributed by atoms with Crippen molar-refractivity contribution >= 4 is 29.2 Å². The lowest BCUT2D eigenvalue weighted by atomic mass is 10.1. The van der Waals surface area contributed by atoms with Crippen molar-refractivity contribution in [1.82, 2.24) is 0 Å². The Kier molecular flexibility index (Phi) is 3.94. The van der Waals surface area contributed by atoms with Crippen LogP contribution in [0.5, 0.6) is 0 Å². The first-order valence-corrected chi connectivity index (χ1v) is 5.94. The van der Waals surface area contributed by atoms with Crippen LogP contribution in [0.4, 0.5) is 17.1 Å². The van der Waals surface area contributed by atoms with E-state index in [0.29, 0.717) is 16.8 Å². The van der Waals surface area contributed by atoms with Crippen molar-refractivity contribution < 1.29 is 9.85 Å². The summed E-state index contributed by atoms with van der Waals surface area (Å²) >= 11 is 0. The molecule has 106 valence electrons. The molecule has 0 bridgehead atoms. The zero-order chi connectivity index (χ0) is 15.4. The highest BCUT2D eigenvalue weighted by Crippen LogP contribution is 2.24. The number of non-ortho nitro benzene ring substituents is 1. The molecular formula is C14H11N3O4. The van der Waals surface area contributed by atoms with Crippen LogP contribution in [0, 0.1) is 20.2 Å². The van der Waals surface area contributed by atoms with E-state index in [1.165, 1.54) is 18.2 Å². The SMILES string of the molecule is Nc1ccc(/C=C/c2ccc([N+](=O)[O-])cc2)c([N+](=O)[O-])c1. The Morgan fingerprint density at radius 2 is 1.57 bits per heavy atom. The number of hydrogen-bond acceptors (Lipinski definition) is 5. The van der Waals surface area contributed by atoms with Gasteiger partial charge >= 0.3 is 0 Å². The molecule has 0 aromatic heterocycles. The van der Waals surface area contributed by atoms with Gasteiger partial charge in [-0.1, -0.05) is 6.08 Å². The van der Waals surface area contributed by atoms with E-state index in [4.69, 9.17) is 5.73 Å². The van der Waals surface area contributed by atoms with E-state index >= 15 is 0 Å². The molecule has 2 N–H and O–H groups in total. The Bertz CT molecular complexity index is 723. The van der Waals surface area contributed by atoms with Gasteiger partial charge in [-0.25, -0.2) is 0 Å². The standard InChI is InChI=1S/C14H11N3O4/c15-12-6-5-11(14(9-12)17(20)21)4-1-10-2-7-13(8-3-10)16(18)19/h1-9H,15H2/b4-1+. The van der Waals surface area contributed by atoms with E-state index in [1.54, 1.807) is 36.4 Å². The summed E-state index contributed by atoms with van der Waals surface area (Å²) in [5, 5.41) is 21.5. The normalized spacial score (nSPS) is 10.7. The lowest BCUT2D eigenvalue weighted by Crippen LogP contribution is -1.94. The minimum absolute atomic E-state index is 0.00869. The molecule has 0 aliphatic carbocycles. The molecule has 7 nitrogen and oxygen atoms in total. The van der Waals surface area contributed by atoms with Crippen LogP contribution >= 0.6 is 0 Å². The molecule has 0 atom stereocenters. The molecule has 0 fully saturated rings. The van der Waals surface area contributed by atoms with Crippen molar-refractivity contribution in [3.8, 4) is 0 Å². The monoisotopic (exact) mass is 285 g/mol. The molecule has 0 spiro atoms. The van der Waals surface area contributed by atoms with Crippen molar-refractivity contribution in [3.63, 3.8) is 0 Å². The minimum atomic E-state index is -0.508. The zero-order valence-corrected chi connectivity index (χ0v) is 10.8. The van der Waals surface area contributed by atoms with E-state index in [1.807, 2.05) is 0 Å². The van der Waals surface area contributed by atoms with E-state index in [2.05, 4.69) is 0 Å². The van der Waals surface area contributed by atoms with Crippen LogP contribution in [0.3, 0.4) is 0 Å². The average Bonchev–Trinajstić information content (AvgIpc) is 2.46. The van der Waals surface area contributed by atoms with Gasteiger partial charge in [-0.2, -0.15) is 0 Å². The van der Waals surface area contributed by atoms with Crippen molar-refractivity contribution in [2.45, 2.75) is 0 Å². The van der Waals surface area contributed by atoms with Gasteiger partial charge in [0.15, 0.2) is 0 Å². The van der Waals surface area contributed by atoms with Crippen LogP contribution in [-0.2, 0) is 0 Å². The highest BCUT2D eigenvalue weighted by atomic mass is 16.6. The van der Waals surface area contributed by atoms with E-state index < -0.39 is 9.85 Å².